The first kappa shape index (κ1) is 14.0. The fraction of sp³-hybridized carbons (Fsp3) is 0.938. The Bertz CT molecular complexity index is 281. The Balaban J connectivity index is 1.82. The van der Waals surface area contributed by atoms with E-state index in [0.717, 1.165) is 31.2 Å². The summed E-state index contributed by atoms with van der Waals surface area (Å²) in [6.45, 7) is 8.74. The van der Waals surface area contributed by atoms with Crippen molar-refractivity contribution in [3.05, 3.63) is 0 Å². The summed E-state index contributed by atoms with van der Waals surface area (Å²) < 4.78 is 0. The Kier molecular flexibility index (Phi) is 4.83. The first-order valence-corrected chi connectivity index (χ1v) is 7.83. The van der Waals surface area contributed by atoms with Crippen LogP contribution in [-0.4, -0.2) is 29.8 Å². The van der Waals surface area contributed by atoms with Crippen molar-refractivity contribution in [2.75, 3.05) is 13.1 Å². The molecule has 0 aromatic rings. The number of carbonyl (C=O) groups excluding carboxylic acids is 1. The van der Waals surface area contributed by atoms with E-state index in [-0.39, 0.29) is 0 Å². The van der Waals surface area contributed by atoms with Crippen LogP contribution < -0.4 is 0 Å². The maximum Gasteiger partial charge on any atom is 0.149 e. The lowest BCUT2D eigenvalue weighted by Gasteiger charge is -2.37. The topological polar surface area (TPSA) is 20.3 Å². The highest BCUT2D eigenvalue weighted by Crippen LogP contribution is 2.30. The zero-order chi connectivity index (χ0) is 13.1. The average molecular weight is 251 g/mol. The highest BCUT2D eigenvalue weighted by molar-refractivity contribution is 5.83. The molecule has 2 aliphatic rings. The Morgan fingerprint density at radius 1 is 0.944 bits per heavy atom. The van der Waals surface area contributed by atoms with Crippen LogP contribution in [0.15, 0.2) is 0 Å². The number of hydrogen-bond acceptors (Lipinski definition) is 2. The van der Waals surface area contributed by atoms with Gasteiger partial charge in [-0.25, -0.2) is 0 Å². The predicted octanol–water partition coefficient (Wildman–Crippen LogP) is 3.50. The van der Waals surface area contributed by atoms with Crippen molar-refractivity contribution < 1.29 is 4.79 Å². The molecule has 2 heteroatoms. The van der Waals surface area contributed by atoms with Gasteiger partial charge in [0.2, 0.25) is 0 Å². The first-order valence-electron chi connectivity index (χ1n) is 7.83. The molecule has 1 aliphatic carbocycles. The van der Waals surface area contributed by atoms with Gasteiger partial charge in [0.25, 0.3) is 0 Å². The van der Waals surface area contributed by atoms with Crippen molar-refractivity contribution >= 4 is 5.78 Å². The van der Waals surface area contributed by atoms with Crippen LogP contribution in [0.1, 0.15) is 59.3 Å². The van der Waals surface area contributed by atoms with E-state index in [9.17, 15) is 4.79 Å². The summed E-state index contributed by atoms with van der Waals surface area (Å²) in [6.07, 6.45) is 7.36. The van der Waals surface area contributed by atoms with Gasteiger partial charge in [0.15, 0.2) is 0 Å². The molecular formula is C16H29NO. The molecule has 0 amide bonds. The van der Waals surface area contributed by atoms with Crippen LogP contribution in [0.4, 0.5) is 0 Å². The van der Waals surface area contributed by atoms with Crippen molar-refractivity contribution in [2.45, 2.75) is 65.3 Å². The van der Waals surface area contributed by atoms with Crippen LogP contribution in [-0.2, 0) is 4.79 Å². The van der Waals surface area contributed by atoms with E-state index in [4.69, 9.17) is 0 Å². The van der Waals surface area contributed by atoms with Crippen LogP contribution in [0, 0.1) is 17.8 Å². The predicted molar refractivity (Wildman–Crippen MR) is 75.6 cm³/mol. The first-order chi connectivity index (χ1) is 8.56. The number of hydrogen-bond donors (Lipinski definition) is 0. The molecule has 1 saturated carbocycles. The van der Waals surface area contributed by atoms with Gasteiger partial charge in [0, 0.05) is 18.5 Å². The monoisotopic (exact) mass is 251 g/mol. The van der Waals surface area contributed by atoms with E-state index < -0.39 is 0 Å². The second kappa shape index (κ2) is 6.18. The number of piperidine rings is 1. The third-order valence-electron chi connectivity index (χ3n) is 5.08. The molecule has 0 radical (unpaired) electrons. The van der Waals surface area contributed by atoms with Crippen molar-refractivity contribution in [3.63, 3.8) is 0 Å². The number of rotatable bonds is 3. The Morgan fingerprint density at radius 3 is 2.22 bits per heavy atom. The molecule has 0 aromatic heterocycles. The van der Waals surface area contributed by atoms with E-state index in [0.29, 0.717) is 24.3 Å². The van der Waals surface area contributed by atoms with Crippen LogP contribution >= 0.6 is 0 Å². The molecule has 0 aromatic carbocycles. The van der Waals surface area contributed by atoms with Gasteiger partial charge < -0.3 is 0 Å². The summed E-state index contributed by atoms with van der Waals surface area (Å²) in [5.74, 6) is 2.48. The lowest BCUT2D eigenvalue weighted by Crippen LogP contribution is -2.45. The molecule has 0 N–H and O–H groups in total. The quantitative estimate of drug-likeness (QED) is 0.765. The van der Waals surface area contributed by atoms with Crippen LogP contribution in [0.3, 0.4) is 0 Å². The summed E-state index contributed by atoms with van der Waals surface area (Å²) in [5, 5.41) is 0. The SMILES string of the molecule is CC1CCC(C(=O)CN2CC(C)CCC2C)CC1. The minimum absolute atomic E-state index is 0.366. The average Bonchev–Trinajstić information content (AvgIpc) is 2.34. The number of ketones is 1. The molecule has 2 rings (SSSR count). The zero-order valence-corrected chi connectivity index (χ0v) is 12.3. The smallest absolute Gasteiger partial charge is 0.149 e. The molecule has 0 spiro atoms. The molecule has 0 bridgehead atoms. The normalized spacial score (nSPS) is 38.6. The van der Waals surface area contributed by atoms with Gasteiger partial charge in [-0.2, -0.15) is 0 Å². The van der Waals surface area contributed by atoms with Crippen molar-refractivity contribution in [3.8, 4) is 0 Å². The second-order valence-electron chi connectivity index (χ2n) is 6.88. The molecule has 2 atom stereocenters. The minimum atomic E-state index is 0.366. The molecule has 2 nitrogen and oxygen atoms in total. The fourth-order valence-corrected chi connectivity index (χ4v) is 3.51. The van der Waals surface area contributed by atoms with Crippen LogP contribution in [0.5, 0.6) is 0 Å². The summed E-state index contributed by atoms with van der Waals surface area (Å²) >= 11 is 0. The van der Waals surface area contributed by atoms with Gasteiger partial charge in [-0.05, 0) is 44.4 Å². The third-order valence-corrected chi connectivity index (χ3v) is 5.08. The van der Waals surface area contributed by atoms with Crippen molar-refractivity contribution in [1.82, 2.24) is 4.90 Å². The summed E-state index contributed by atoms with van der Waals surface area (Å²) in [6, 6.07) is 0.604. The lowest BCUT2D eigenvalue weighted by molar-refractivity contribution is -0.126. The zero-order valence-electron chi connectivity index (χ0n) is 12.3. The fourth-order valence-electron chi connectivity index (χ4n) is 3.51. The molecule has 1 heterocycles. The number of likely N-dealkylation sites (tertiary alicyclic amines) is 1. The summed E-state index contributed by atoms with van der Waals surface area (Å²) in [7, 11) is 0. The van der Waals surface area contributed by atoms with Gasteiger partial charge in [-0.1, -0.05) is 26.7 Å². The maximum absolute atomic E-state index is 12.4. The maximum atomic E-state index is 12.4. The van der Waals surface area contributed by atoms with Gasteiger partial charge in [-0.3, -0.25) is 9.69 Å². The van der Waals surface area contributed by atoms with Crippen LogP contribution in [0.2, 0.25) is 0 Å². The second-order valence-corrected chi connectivity index (χ2v) is 6.88. The van der Waals surface area contributed by atoms with Gasteiger partial charge in [-0.15, -0.1) is 0 Å². The highest BCUT2D eigenvalue weighted by atomic mass is 16.1. The molecule has 2 unspecified atom stereocenters. The molecule has 18 heavy (non-hydrogen) atoms. The van der Waals surface area contributed by atoms with E-state index in [2.05, 4.69) is 25.7 Å². The molecule has 1 saturated heterocycles. The minimum Gasteiger partial charge on any atom is -0.298 e. The molecule has 2 fully saturated rings. The summed E-state index contributed by atoms with van der Waals surface area (Å²) in [5.41, 5.74) is 0. The van der Waals surface area contributed by atoms with Gasteiger partial charge in [0.1, 0.15) is 5.78 Å². The number of nitrogens with zero attached hydrogens (tertiary/aromatic N) is 1. The standard InChI is InChI=1S/C16H29NO/c1-12-5-8-15(9-6-12)16(18)11-17-10-13(2)4-7-14(17)3/h12-15H,4-11H2,1-3H3. The van der Waals surface area contributed by atoms with E-state index in [1.807, 2.05) is 0 Å². The Hall–Kier alpha value is -0.370. The van der Waals surface area contributed by atoms with E-state index in [1.54, 1.807) is 0 Å². The number of carbonyl (C=O) groups is 1. The summed E-state index contributed by atoms with van der Waals surface area (Å²) in [4.78, 5) is 14.8. The van der Waals surface area contributed by atoms with Gasteiger partial charge >= 0.3 is 0 Å². The van der Waals surface area contributed by atoms with E-state index >= 15 is 0 Å². The third kappa shape index (κ3) is 3.57. The number of Topliss-reactive ketones (excluding diaryl/α,β-unsaturated/α-hetero) is 1. The van der Waals surface area contributed by atoms with Gasteiger partial charge in [0.05, 0.1) is 6.54 Å². The molecular weight excluding hydrogens is 222 g/mol. The largest absolute Gasteiger partial charge is 0.298 e. The van der Waals surface area contributed by atoms with Crippen molar-refractivity contribution in [2.24, 2.45) is 17.8 Å². The van der Waals surface area contributed by atoms with E-state index in [1.165, 1.54) is 25.7 Å². The molecule has 1 aliphatic heterocycles. The Labute approximate surface area is 112 Å². The lowest BCUT2D eigenvalue weighted by atomic mass is 9.80. The highest BCUT2D eigenvalue weighted by Gasteiger charge is 2.29. The Morgan fingerprint density at radius 2 is 1.56 bits per heavy atom. The van der Waals surface area contributed by atoms with Crippen LogP contribution in [0.25, 0.3) is 0 Å². The molecule has 104 valence electrons. The van der Waals surface area contributed by atoms with Crippen molar-refractivity contribution in [1.29, 1.82) is 0 Å².